The maximum atomic E-state index is 14.4. The first kappa shape index (κ1) is 30.4. The van der Waals surface area contributed by atoms with E-state index in [0.717, 1.165) is 35.6 Å². The van der Waals surface area contributed by atoms with Gasteiger partial charge in [0.25, 0.3) is 5.91 Å². The Hall–Kier alpha value is -3.55. The number of carbonyl (C=O) groups excluding carboxylic acids is 2. The van der Waals surface area contributed by atoms with Gasteiger partial charge in [0.15, 0.2) is 11.5 Å². The molecule has 218 valence electrons. The van der Waals surface area contributed by atoms with Gasteiger partial charge in [-0.25, -0.2) is 4.39 Å². The number of nitrogens with zero attached hydrogens (tertiary/aromatic N) is 4. The van der Waals surface area contributed by atoms with Crippen LogP contribution in [0.15, 0.2) is 42.9 Å². The topological polar surface area (TPSA) is 131 Å². The number of aromatic nitrogens is 3. The number of carboxylic acid groups (broad SMARTS) is 1. The van der Waals surface area contributed by atoms with E-state index < -0.39 is 59.0 Å². The second kappa shape index (κ2) is 11.7. The number of hydrogen-bond acceptors (Lipinski definition) is 6. The van der Waals surface area contributed by atoms with Crippen LogP contribution in [0.1, 0.15) is 63.7 Å². The number of benzene rings is 1. The van der Waals surface area contributed by atoms with Gasteiger partial charge in [0.1, 0.15) is 11.4 Å². The van der Waals surface area contributed by atoms with Gasteiger partial charge in [-0.05, 0) is 43.4 Å². The van der Waals surface area contributed by atoms with Crippen LogP contribution >= 0.6 is 23.2 Å². The lowest BCUT2D eigenvalue weighted by Gasteiger charge is -2.34. The number of rotatable bonds is 8. The van der Waals surface area contributed by atoms with Gasteiger partial charge >= 0.3 is 12.1 Å². The molecule has 1 aliphatic rings. The smallest absolute Gasteiger partial charge is 0.433 e. The number of hydrogen-bond donors (Lipinski definition) is 2. The summed E-state index contributed by atoms with van der Waals surface area (Å²) < 4.78 is 57.4. The third-order valence-corrected chi connectivity index (χ3v) is 7.53. The van der Waals surface area contributed by atoms with Crippen molar-refractivity contribution in [3.8, 4) is 0 Å². The van der Waals surface area contributed by atoms with Crippen LogP contribution in [0.25, 0.3) is 0 Å². The minimum absolute atomic E-state index is 0.0159. The van der Waals surface area contributed by atoms with E-state index >= 15 is 0 Å². The molecule has 15 heteroatoms. The van der Waals surface area contributed by atoms with Crippen LogP contribution < -0.4 is 5.73 Å². The van der Waals surface area contributed by atoms with E-state index in [-0.39, 0.29) is 47.8 Å². The van der Waals surface area contributed by atoms with Crippen molar-refractivity contribution in [2.24, 2.45) is 5.73 Å². The predicted octanol–water partition coefficient (Wildman–Crippen LogP) is 5.17. The van der Waals surface area contributed by atoms with Crippen LogP contribution in [-0.2, 0) is 17.5 Å². The molecule has 0 spiro atoms. The normalized spacial score (nSPS) is 19.1. The molecule has 0 saturated heterocycles. The Morgan fingerprint density at radius 2 is 1.66 bits per heavy atom. The third kappa shape index (κ3) is 6.52. The lowest BCUT2D eigenvalue weighted by molar-refractivity contribution is -0.148. The number of halogens is 6. The summed E-state index contributed by atoms with van der Waals surface area (Å²) in [6, 6.07) is 3.99. The fraction of sp³-hybridized carbons (Fsp3) is 0.346. The van der Waals surface area contributed by atoms with Crippen molar-refractivity contribution in [1.29, 1.82) is 0 Å². The molecule has 2 aromatic heterocycles. The van der Waals surface area contributed by atoms with Crippen molar-refractivity contribution >= 4 is 40.9 Å². The summed E-state index contributed by atoms with van der Waals surface area (Å²) in [5, 5.41) is 13.0. The average Bonchev–Trinajstić information content (AvgIpc) is 3.35. The number of Topliss-reactive ketones (excluding diaryl/α,β-unsaturated/α-hetero) is 1. The van der Waals surface area contributed by atoms with Gasteiger partial charge in [-0.2, -0.15) is 18.3 Å². The molecule has 2 heterocycles. The summed E-state index contributed by atoms with van der Waals surface area (Å²) >= 11 is 12.2. The minimum atomic E-state index is -5.03. The molecule has 1 fully saturated rings. The Morgan fingerprint density at radius 3 is 2.20 bits per heavy atom. The van der Waals surface area contributed by atoms with Crippen molar-refractivity contribution in [2.45, 2.75) is 50.0 Å². The molecule has 3 aromatic rings. The fourth-order valence-corrected chi connectivity index (χ4v) is 5.34. The average molecular weight is 616 g/mol. The summed E-state index contributed by atoms with van der Waals surface area (Å²) in [5.74, 6) is -3.76. The highest BCUT2D eigenvalue weighted by molar-refractivity contribution is 6.39. The molecule has 0 atom stereocenters. The number of ketones is 1. The van der Waals surface area contributed by atoms with Gasteiger partial charge in [0, 0.05) is 18.9 Å². The number of aliphatic carboxylic acids is 1. The molecular weight excluding hydrogens is 593 g/mol. The Balaban J connectivity index is 1.71. The Bertz CT molecular complexity index is 1450. The van der Waals surface area contributed by atoms with Crippen molar-refractivity contribution in [3.63, 3.8) is 0 Å². The Kier molecular flexibility index (Phi) is 8.71. The van der Waals surface area contributed by atoms with E-state index in [9.17, 15) is 37.1 Å². The molecule has 1 amide bonds. The second-order valence-corrected chi connectivity index (χ2v) is 10.5. The van der Waals surface area contributed by atoms with E-state index in [2.05, 4.69) is 10.1 Å². The largest absolute Gasteiger partial charge is 0.480 e. The van der Waals surface area contributed by atoms with E-state index in [1.807, 2.05) is 0 Å². The molecule has 1 aromatic carbocycles. The number of alkyl halides is 3. The highest BCUT2D eigenvalue weighted by atomic mass is 35.5. The van der Waals surface area contributed by atoms with Crippen LogP contribution in [-0.4, -0.2) is 54.5 Å². The lowest BCUT2D eigenvalue weighted by Crippen LogP contribution is -2.50. The quantitative estimate of drug-likeness (QED) is 0.264. The molecule has 1 aliphatic carbocycles. The van der Waals surface area contributed by atoms with Crippen molar-refractivity contribution < 1.29 is 37.1 Å². The fourth-order valence-electron chi connectivity index (χ4n) is 4.76. The molecule has 4 rings (SSSR count). The van der Waals surface area contributed by atoms with Crippen LogP contribution in [0, 0.1) is 5.82 Å². The zero-order valence-corrected chi connectivity index (χ0v) is 22.7. The van der Waals surface area contributed by atoms with Gasteiger partial charge in [-0.15, -0.1) is 0 Å². The van der Waals surface area contributed by atoms with Gasteiger partial charge in [0.2, 0.25) is 0 Å². The molecule has 0 radical (unpaired) electrons. The molecule has 1 saturated carbocycles. The van der Waals surface area contributed by atoms with Gasteiger partial charge in [-0.3, -0.25) is 24.0 Å². The molecule has 9 nitrogen and oxygen atoms in total. The van der Waals surface area contributed by atoms with Crippen molar-refractivity contribution in [2.75, 3.05) is 6.54 Å². The standard InChI is InChI=1S/C26H23Cl2F4N5O4/c27-18-10-34-11-19(28)21(18)20(38)13-36(12-14-1-3-15(29)4-2-14)23(39)17-9-35-37(22(17)26(30,31)32)16-5-7-25(33,8-6-16)24(40)41/h1-4,9-11,16H,5-8,12-13,33H2,(H,40,41)/t16-,25+. The first-order valence-electron chi connectivity index (χ1n) is 12.2. The van der Waals surface area contributed by atoms with Crippen LogP contribution in [0.3, 0.4) is 0 Å². The predicted molar refractivity (Wildman–Crippen MR) is 139 cm³/mol. The summed E-state index contributed by atoms with van der Waals surface area (Å²) in [7, 11) is 0. The molecule has 0 unspecified atom stereocenters. The first-order chi connectivity index (χ1) is 19.2. The van der Waals surface area contributed by atoms with Crippen molar-refractivity contribution in [1.82, 2.24) is 19.7 Å². The molecule has 41 heavy (non-hydrogen) atoms. The van der Waals surface area contributed by atoms with Gasteiger partial charge in [-0.1, -0.05) is 35.3 Å². The molecule has 0 aliphatic heterocycles. The highest BCUT2D eigenvalue weighted by Crippen LogP contribution is 2.40. The number of nitrogens with two attached hydrogens (primary N) is 1. The number of carbonyl (C=O) groups is 3. The van der Waals surface area contributed by atoms with E-state index in [1.54, 1.807) is 0 Å². The minimum Gasteiger partial charge on any atom is -0.480 e. The number of pyridine rings is 1. The maximum Gasteiger partial charge on any atom is 0.433 e. The van der Waals surface area contributed by atoms with Crippen LogP contribution in [0.5, 0.6) is 0 Å². The second-order valence-electron chi connectivity index (χ2n) is 9.73. The summed E-state index contributed by atoms with van der Waals surface area (Å²) in [4.78, 5) is 42.9. The maximum absolute atomic E-state index is 14.4. The van der Waals surface area contributed by atoms with E-state index in [4.69, 9.17) is 28.9 Å². The number of amides is 1. The van der Waals surface area contributed by atoms with E-state index in [0.29, 0.717) is 10.2 Å². The summed E-state index contributed by atoms with van der Waals surface area (Å²) in [6.45, 7) is -1.08. The van der Waals surface area contributed by atoms with Crippen molar-refractivity contribution in [3.05, 3.63) is 81.1 Å². The highest BCUT2D eigenvalue weighted by Gasteiger charge is 2.45. The van der Waals surface area contributed by atoms with Gasteiger partial charge < -0.3 is 15.7 Å². The Labute approximate surface area is 240 Å². The van der Waals surface area contributed by atoms with E-state index in [1.165, 1.54) is 12.1 Å². The third-order valence-electron chi connectivity index (χ3n) is 6.95. The molecule has 3 N–H and O–H groups in total. The van der Waals surface area contributed by atoms with Crippen LogP contribution in [0.2, 0.25) is 10.0 Å². The zero-order valence-electron chi connectivity index (χ0n) is 21.2. The SMILES string of the molecule is N[C@]1(C(=O)O)CC[C@H](n2ncc(C(=O)N(CC(=O)c3c(Cl)cncc3Cl)Cc3ccc(F)cc3)c2C(F)(F)F)CC1. The lowest BCUT2D eigenvalue weighted by atomic mass is 9.80. The summed E-state index contributed by atoms with van der Waals surface area (Å²) in [6.07, 6.45) is -2.17. The Morgan fingerprint density at radius 1 is 1.07 bits per heavy atom. The molecular formula is C26H23Cl2F4N5O4. The first-order valence-corrected chi connectivity index (χ1v) is 13.0. The summed E-state index contributed by atoms with van der Waals surface area (Å²) in [5.41, 5.74) is 2.30. The number of carboxylic acids is 1. The van der Waals surface area contributed by atoms with Gasteiger partial charge in [0.05, 0.1) is 40.0 Å². The monoisotopic (exact) mass is 615 g/mol. The zero-order chi connectivity index (χ0) is 30.1. The van der Waals surface area contributed by atoms with Crippen LogP contribution in [0.4, 0.5) is 17.6 Å². The molecule has 0 bridgehead atoms.